The second-order valence-electron chi connectivity index (χ2n) is 8.59. The number of fused-ring (bicyclic) bond motifs is 3. The highest BCUT2D eigenvalue weighted by atomic mass is 16.3. The summed E-state index contributed by atoms with van der Waals surface area (Å²) < 4.78 is 0. The molecule has 2 aliphatic rings. The average Bonchev–Trinajstić information content (AvgIpc) is 2.65. The second-order valence-corrected chi connectivity index (χ2v) is 8.59. The van der Waals surface area contributed by atoms with Crippen LogP contribution in [0.4, 0.5) is 0 Å². The zero-order chi connectivity index (χ0) is 19.4. The molecule has 2 aromatic rings. The van der Waals surface area contributed by atoms with E-state index in [1.807, 2.05) is 31.2 Å². The third-order valence-corrected chi connectivity index (χ3v) is 6.54. The summed E-state index contributed by atoms with van der Waals surface area (Å²) in [4.78, 5) is 13.3. The predicted octanol–water partition coefficient (Wildman–Crippen LogP) is 4.48. The van der Waals surface area contributed by atoms with E-state index in [-0.39, 0.29) is 16.7 Å². The molecule has 1 aromatic heterocycles. The van der Waals surface area contributed by atoms with Crippen molar-refractivity contribution in [3.63, 3.8) is 0 Å². The predicted molar refractivity (Wildman–Crippen MR) is 106 cm³/mol. The molecule has 1 N–H and O–H groups in total. The molecule has 1 heterocycles. The lowest BCUT2D eigenvalue weighted by Gasteiger charge is -2.53. The topological polar surface area (TPSA) is 50.4 Å². The minimum absolute atomic E-state index is 0.218. The van der Waals surface area contributed by atoms with Crippen LogP contribution in [-0.2, 0) is 11.8 Å². The molecule has 1 unspecified atom stereocenters. The Balaban J connectivity index is 1.99. The number of hydrogen-bond acceptors (Lipinski definition) is 3. The van der Waals surface area contributed by atoms with Crippen LogP contribution in [0.5, 0.6) is 0 Å². The minimum atomic E-state index is -0.730. The number of aryl methyl sites for hydroxylation is 1. The second kappa shape index (κ2) is 6.00. The molecule has 2 aliphatic carbocycles. The average molecular weight is 359 g/mol. The van der Waals surface area contributed by atoms with E-state index in [1.165, 1.54) is 5.56 Å². The molecule has 0 aliphatic heterocycles. The molecular formula is C23H25N3O. The van der Waals surface area contributed by atoms with Crippen LogP contribution in [0.25, 0.3) is 16.1 Å². The smallest absolute Gasteiger partial charge is 0.191 e. The SMILES string of the molecule is [C-]#[N+]C1=C[C@]2(C)c3nc(C)nc(-c4ccccc4)c3CC[C@H]2C(C)(C)C1O. The van der Waals surface area contributed by atoms with Gasteiger partial charge in [-0.2, -0.15) is 0 Å². The highest BCUT2D eigenvalue weighted by Gasteiger charge is 2.54. The van der Waals surface area contributed by atoms with Crippen molar-refractivity contribution < 1.29 is 5.11 Å². The van der Waals surface area contributed by atoms with Crippen molar-refractivity contribution >= 4 is 0 Å². The Hall–Kier alpha value is -2.51. The molecule has 138 valence electrons. The largest absolute Gasteiger partial charge is 0.399 e. The lowest BCUT2D eigenvalue weighted by atomic mass is 9.52. The maximum Gasteiger partial charge on any atom is 0.191 e. The van der Waals surface area contributed by atoms with Crippen molar-refractivity contribution in [2.75, 3.05) is 0 Å². The van der Waals surface area contributed by atoms with Crippen molar-refractivity contribution in [1.29, 1.82) is 0 Å². The number of benzene rings is 1. The summed E-state index contributed by atoms with van der Waals surface area (Å²) in [5.74, 6) is 0.965. The van der Waals surface area contributed by atoms with E-state index in [1.54, 1.807) is 0 Å². The molecule has 27 heavy (non-hydrogen) atoms. The number of aliphatic hydroxyl groups is 1. The van der Waals surface area contributed by atoms with E-state index in [0.717, 1.165) is 35.6 Å². The Morgan fingerprint density at radius 2 is 1.85 bits per heavy atom. The number of hydrogen-bond donors (Lipinski definition) is 1. The Morgan fingerprint density at radius 1 is 1.15 bits per heavy atom. The number of rotatable bonds is 1. The highest BCUT2D eigenvalue weighted by molar-refractivity contribution is 5.65. The van der Waals surface area contributed by atoms with Crippen LogP contribution < -0.4 is 0 Å². The summed E-state index contributed by atoms with van der Waals surface area (Å²) in [6.07, 6.45) is 3.07. The number of nitrogens with zero attached hydrogens (tertiary/aromatic N) is 3. The van der Waals surface area contributed by atoms with Crippen LogP contribution in [0.15, 0.2) is 42.1 Å². The third-order valence-electron chi connectivity index (χ3n) is 6.54. The van der Waals surface area contributed by atoms with Crippen LogP contribution in [0.1, 0.15) is 44.3 Å². The van der Waals surface area contributed by atoms with Gasteiger partial charge in [0.25, 0.3) is 0 Å². The summed E-state index contributed by atoms with van der Waals surface area (Å²) in [6, 6.07) is 10.3. The number of aromatic nitrogens is 2. The van der Waals surface area contributed by atoms with E-state index >= 15 is 0 Å². The molecule has 3 atom stereocenters. The first kappa shape index (κ1) is 17.9. The summed E-state index contributed by atoms with van der Waals surface area (Å²) in [5, 5.41) is 10.8. The molecule has 4 heteroatoms. The first-order valence-electron chi connectivity index (χ1n) is 9.50. The van der Waals surface area contributed by atoms with Crippen LogP contribution in [0.2, 0.25) is 0 Å². The summed E-state index contributed by atoms with van der Waals surface area (Å²) >= 11 is 0. The van der Waals surface area contributed by atoms with Crippen molar-refractivity contribution in [2.45, 2.75) is 52.1 Å². The molecule has 4 rings (SSSR count). The Kier molecular flexibility index (Phi) is 3.98. The molecule has 0 amide bonds. The Morgan fingerprint density at radius 3 is 2.52 bits per heavy atom. The fourth-order valence-corrected chi connectivity index (χ4v) is 5.23. The Labute approximate surface area is 160 Å². The quantitative estimate of drug-likeness (QED) is 0.764. The van der Waals surface area contributed by atoms with Gasteiger partial charge in [0.15, 0.2) is 5.70 Å². The third kappa shape index (κ3) is 2.53. The van der Waals surface area contributed by atoms with Gasteiger partial charge in [0, 0.05) is 16.5 Å². The number of aliphatic hydroxyl groups excluding tert-OH is 1. The van der Waals surface area contributed by atoms with E-state index < -0.39 is 6.10 Å². The summed E-state index contributed by atoms with van der Waals surface area (Å²) in [6.45, 7) is 15.8. The molecule has 4 nitrogen and oxygen atoms in total. The lowest BCUT2D eigenvalue weighted by Crippen LogP contribution is -2.53. The van der Waals surface area contributed by atoms with E-state index in [2.05, 4.69) is 37.7 Å². The van der Waals surface area contributed by atoms with Crippen molar-refractivity contribution in [3.05, 3.63) is 70.6 Å². The molecule has 0 fully saturated rings. The fraction of sp³-hybridized carbons (Fsp3) is 0.435. The Bertz CT molecular complexity index is 971. The van der Waals surface area contributed by atoms with E-state index in [0.29, 0.717) is 5.70 Å². The van der Waals surface area contributed by atoms with Gasteiger partial charge in [-0.15, -0.1) is 0 Å². The standard InChI is InChI=1S/C23H25N3O/c1-14-25-19(15-9-7-6-8-10-15)16-11-12-18-22(2,3)21(27)17(24-5)13-23(18,4)20(16)26-14/h6-10,13,18,21,27H,11-12H2,1-4H3/t18-,21?,23-/m0/s1. The van der Waals surface area contributed by atoms with Gasteiger partial charge < -0.3 is 5.11 Å². The van der Waals surface area contributed by atoms with Gasteiger partial charge >= 0.3 is 0 Å². The highest BCUT2D eigenvalue weighted by Crippen LogP contribution is 2.56. The van der Waals surface area contributed by atoms with Gasteiger partial charge in [-0.05, 0) is 31.1 Å². The van der Waals surface area contributed by atoms with Crippen molar-refractivity contribution in [3.8, 4) is 11.3 Å². The van der Waals surface area contributed by atoms with Gasteiger partial charge in [-0.25, -0.2) is 14.8 Å². The first-order chi connectivity index (χ1) is 12.8. The van der Waals surface area contributed by atoms with Crippen molar-refractivity contribution in [2.24, 2.45) is 11.3 Å². The maximum atomic E-state index is 10.8. The maximum absolute atomic E-state index is 10.8. The lowest BCUT2D eigenvalue weighted by molar-refractivity contribution is -0.0112. The molecular weight excluding hydrogens is 334 g/mol. The number of allylic oxidation sites excluding steroid dienone is 1. The molecule has 0 radical (unpaired) electrons. The van der Waals surface area contributed by atoms with Gasteiger partial charge in [0.2, 0.25) is 0 Å². The summed E-state index contributed by atoms with van der Waals surface area (Å²) in [5.41, 5.74) is 3.97. The first-order valence-corrected chi connectivity index (χ1v) is 9.50. The molecule has 1 aromatic carbocycles. The van der Waals surface area contributed by atoms with Crippen LogP contribution in [0, 0.1) is 24.8 Å². The van der Waals surface area contributed by atoms with Gasteiger partial charge in [0.05, 0.1) is 24.1 Å². The molecule has 0 spiro atoms. The zero-order valence-electron chi connectivity index (χ0n) is 16.3. The van der Waals surface area contributed by atoms with Gasteiger partial charge in [-0.3, -0.25) is 0 Å². The molecule has 0 saturated heterocycles. The summed E-state index contributed by atoms with van der Waals surface area (Å²) in [7, 11) is 0. The van der Waals surface area contributed by atoms with Crippen LogP contribution in [0.3, 0.4) is 0 Å². The fourth-order valence-electron chi connectivity index (χ4n) is 5.23. The van der Waals surface area contributed by atoms with Crippen LogP contribution in [-0.4, -0.2) is 21.2 Å². The molecule has 0 bridgehead atoms. The zero-order valence-corrected chi connectivity index (χ0v) is 16.3. The normalized spacial score (nSPS) is 28.5. The monoisotopic (exact) mass is 359 g/mol. The van der Waals surface area contributed by atoms with E-state index in [9.17, 15) is 5.11 Å². The van der Waals surface area contributed by atoms with Crippen molar-refractivity contribution in [1.82, 2.24) is 9.97 Å². The van der Waals surface area contributed by atoms with Crippen LogP contribution >= 0.6 is 0 Å². The van der Waals surface area contributed by atoms with Gasteiger partial charge in [0.1, 0.15) is 5.82 Å². The minimum Gasteiger partial charge on any atom is -0.399 e. The van der Waals surface area contributed by atoms with Gasteiger partial charge in [-0.1, -0.05) is 57.2 Å². The van der Waals surface area contributed by atoms with E-state index in [4.69, 9.17) is 16.5 Å². The molecule has 0 saturated carbocycles.